The van der Waals surface area contributed by atoms with Gasteiger partial charge in [-0.3, -0.25) is 0 Å². The maximum Gasteiger partial charge on any atom is 0.257 e. The predicted octanol–water partition coefficient (Wildman–Crippen LogP) is 3.49. The van der Waals surface area contributed by atoms with Gasteiger partial charge in [0.2, 0.25) is 0 Å². The Morgan fingerprint density at radius 1 is 1.25 bits per heavy atom. The molecule has 106 valence electrons. The number of benzene rings is 1. The van der Waals surface area contributed by atoms with Gasteiger partial charge in [0, 0.05) is 18.0 Å². The van der Waals surface area contributed by atoms with E-state index in [2.05, 4.69) is 17.1 Å². The van der Waals surface area contributed by atoms with E-state index in [1.54, 1.807) is 0 Å². The molecule has 1 aliphatic carbocycles. The molecule has 3 rings (SSSR count). The molecule has 20 heavy (non-hydrogen) atoms. The highest BCUT2D eigenvalue weighted by Crippen LogP contribution is 2.34. The van der Waals surface area contributed by atoms with Crippen molar-refractivity contribution in [2.45, 2.75) is 45.1 Å². The number of hydrogen-bond donors (Lipinski definition) is 1. The molecule has 0 amide bonds. The lowest BCUT2D eigenvalue weighted by atomic mass is 9.83. The lowest BCUT2D eigenvalue weighted by Gasteiger charge is -2.23. The summed E-state index contributed by atoms with van der Waals surface area (Å²) in [5, 5.41) is 4.18. The summed E-state index contributed by atoms with van der Waals surface area (Å²) >= 11 is 0. The van der Waals surface area contributed by atoms with Crippen molar-refractivity contribution >= 4 is 0 Å². The quantitative estimate of drug-likeness (QED) is 0.928. The third kappa shape index (κ3) is 2.75. The lowest BCUT2D eigenvalue weighted by molar-refractivity contribution is 0.329. The topological polar surface area (TPSA) is 64.9 Å². The Kier molecular flexibility index (Phi) is 3.83. The molecule has 1 aromatic heterocycles. The first-order valence-corrected chi connectivity index (χ1v) is 7.39. The Labute approximate surface area is 119 Å². The highest BCUT2D eigenvalue weighted by Gasteiger charge is 2.24. The van der Waals surface area contributed by atoms with E-state index in [9.17, 15) is 0 Å². The van der Waals surface area contributed by atoms with Gasteiger partial charge in [0.1, 0.15) is 0 Å². The zero-order valence-electron chi connectivity index (χ0n) is 11.9. The lowest BCUT2D eigenvalue weighted by Crippen LogP contribution is -2.11. The SMILES string of the molecule is CC1CCC(c2noc(-c3cccc(CN)c3)n2)CC1. The minimum atomic E-state index is 0.460. The summed E-state index contributed by atoms with van der Waals surface area (Å²) in [7, 11) is 0. The van der Waals surface area contributed by atoms with E-state index >= 15 is 0 Å². The van der Waals surface area contributed by atoms with Gasteiger partial charge >= 0.3 is 0 Å². The van der Waals surface area contributed by atoms with E-state index in [0.717, 1.165) is 22.9 Å². The molecule has 2 N–H and O–H groups in total. The van der Waals surface area contributed by atoms with E-state index < -0.39 is 0 Å². The van der Waals surface area contributed by atoms with Crippen LogP contribution in [0.2, 0.25) is 0 Å². The fraction of sp³-hybridized carbons (Fsp3) is 0.500. The Morgan fingerprint density at radius 2 is 2.05 bits per heavy atom. The van der Waals surface area contributed by atoms with Crippen molar-refractivity contribution in [3.8, 4) is 11.5 Å². The Bertz CT molecular complexity index is 571. The van der Waals surface area contributed by atoms with Gasteiger partial charge in [-0.05, 0) is 36.5 Å². The molecule has 0 radical (unpaired) electrons. The van der Waals surface area contributed by atoms with Crippen LogP contribution in [0.1, 0.15) is 49.9 Å². The highest BCUT2D eigenvalue weighted by molar-refractivity contribution is 5.54. The third-order valence-corrected chi connectivity index (χ3v) is 4.23. The molecule has 1 aromatic carbocycles. The summed E-state index contributed by atoms with van der Waals surface area (Å²) in [6.07, 6.45) is 4.86. The van der Waals surface area contributed by atoms with Crippen LogP contribution in [0.5, 0.6) is 0 Å². The summed E-state index contributed by atoms with van der Waals surface area (Å²) in [5.41, 5.74) is 7.70. The fourth-order valence-electron chi connectivity index (χ4n) is 2.87. The molecule has 0 saturated heterocycles. The zero-order chi connectivity index (χ0) is 13.9. The number of rotatable bonds is 3. The Morgan fingerprint density at radius 3 is 2.80 bits per heavy atom. The molecule has 1 aliphatic rings. The van der Waals surface area contributed by atoms with E-state index in [1.807, 2.05) is 24.3 Å². The Hall–Kier alpha value is -1.68. The Balaban J connectivity index is 1.79. The van der Waals surface area contributed by atoms with Crippen LogP contribution in [0.4, 0.5) is 0 Å². The molecule has 4 nitrogen and oxygen atoms in total. The summed E-state index contributed by atoms with van der Waals surface area (Å²) < 4.78 is 5.43. The monoisotopic (exact) mass is 271 g/mol. The van der Waals surface area contributed by atoms with Crippen LogP contribution < -0.4 is 5.73 Å². The van der Waals surface area contributed by atoms with Gasteiger partial charge in [-0.25, -0.2) is 0 Å². The van der Waals surface area contributed by atoms with Crippen LogP contribution >= 0.6 is 0 Å². The van der Waals surface area contributed by atoms with Gasteiger partial charge in [0.15, 0.2) is 5.82 Å². The smallest absolute Gasteiger partial charge is 0.257 e. The molecule has 2 aromatic rings. The minimum Gasteiger partial charge on any atom is -0.334 e. The molecule has 1 saturated carbocycles. The molecule has 4 heteroatoms. The second-order valence-corrected chi connectivity index (χ2v) is 5.82. The van der Waals surface area contributed by atoms with Crippen molar-refractivity contribution in [1.82, 2.24) is 10.1 Å². The average Bonchev–Trinajstić information content (AvgIpc) is 2.98. The molecular weight excluding hydrogens is 250 g/mol. The molecule has 0 unspecified atom stereocenters. The molecule has 1 fully saturated rings. The molecule has 0 aliphatic heterocycles. The first-order chi connectivity index (χ1) is 9.76. The van der Waals surface area contributed by atoms with Crippen LogP contribution in [0, 0.1) is 5.92 Å². The van der Waals surface area contributed by atoms with Gasteiger partial charge in [0.05, 0.1) is 0 Å². The van der Waals surface area contributed by atoms with Crippen LogP contribution in [-0.4, -0.2) is 10.1 Å². The number of nitrogens with zero attached hydrogens (tertiary/aromatic N) is 2. The molecule has 0 atom stereocenters. The van der Waals surface area contributed by atoms with Crippen molar-refractivity contribution < 1.29 is 4.52 Å². The summed E-state index contributed by atoms with van der Waals surface area (Å²) in [6, 6.07) is 7.98. The van der Waals surface area contributed by atoms with Gasteiger partial charge in [0.25, 0.3) is 5.89 Å². The van der Waals surface area contributed by atoms with Gasteiger partial charge < -0.3 is 10.3 Å². The van der Waals surface area contributed by atoms with E-state index in [4.69, 9.17) is 10.3 Å². The van der Waals surface area contributed by atoms with Crippen molar-refractivity contribution in [3.05, 3.63) is 35.7 Å². The van der Waals surface area contributed by atoms with Gasteiger partial charge in [-0.1, -0.05) is 37.1 Å². The second-order valence-electron chi connectivity index (χ2n) is 5.82. The number of hydrogen-bond acceptors (Lipinski definition) is 4. The van der Waals surface area contributed by atoms with Crippen molar-refractivity contribution in [2.75, 3.05) is 0 Å². The average molecular weight is 271 g/mol. The summed E-state index contributed by atoms with van der Waals surface area (Å²) in [6.45, 7) is 2.84. The highest BCUT2D eigenvalue weighted by atomic mass is 16.5. The first-order valence-electron chi connectivity index (χ1n) is 7.39. The molecule has 0 spiro atoms. The minimum absolute atomic E-state index is 0.460. The van der Waals surface area contributed by atoms with E-state index in [-0.39, 0.29) is 0 Å². The standard InChI is InChI=1S/C16H21N3O/c1-11-5-7-13(8-6-11)15-18-16(20-19-15)14-4-2-3-12(9-14)10-17/h2-4,9,11,13H,5-8,10,17H2,1H3. The van der Waals surface area contributed by atoms with Gasteiger partial charge in [-0.2, -0.15) is 4.98 Å². The first kappa shape index (κ1) is 13.3. The third-order valence-electron chi connectivity index (χ3n) is 4.23. The van der Waals surface area contributed by atoms with Crippen molar-refractivity contribution in [2.24, 2.45) is 11.7 Å². The predicted molar refractivity (Wildman–Crippen MR) is 78.0 cm³/mol. The van der Waals surface area contributed by atoms with Crippen LogP contribution in [-0.2, 0) is 6.54 Å². The zero-order valence-corrected chi connectivity index (χ0v) is 11.9. The number of nitrogens with two attached hydrogens (primary N) is 1. The van der Waals surface area contributed by atoms with Crippen LogP contribution in [0.3, 0.4) is 0 Å². The van der Waals surface area contributed by atoms with Crippen LogP contribution in [0.25, 0.3) is 11.5 Å². The van der Waals surface area contributed by atoms with Crippen molar-refractivity contribution in [3.63, 3.8) is 0 Å². The largest absolute Gasteiger partial charge is 0.334 e. The maximum absolute atomic E-state index is 5.67. The van der Waals surface area contributed by atoms with Crippen molar-refractivity contribution in [1.29, 1.82) is 0 Å². The van der Waals surface area contributed by atoms with Crippen LogP contribution in [0.15, 0.2) is 28.8 Å². The fourth-order valence-corrected chi connectivity index (χ4v) is 2.87. The van der Waals surface area contributed by atoms with E-state index in [1.165, 1.54) is 25.7 Å². The van der Waals surface area contributed by atoms with E-state index in [0.29, 0.717) is 18.4 Å². The summed E-state index contributed by atoms with van der Waals surface area (Å²) in [4.78, 5) is 4.59. The molecule has 1 heterocycles. The maximum atomic E-state index is 5.67. The van der Waals surface area contributed by atoms with Gasteiger partial charge in [-0.15, -0.1) is 0 Å². The number of aromatic nitrogens is 2. The normalized spacial score (nSPS) is 22.9. The molecule has 0 bridgehead atoms. The second kappa shape index (κ2) is 5.75. The molecular formula is C16H21N3O. The summed E-state index contributed by atoms with van der Waals surface area (Å²) in [5.74, 6) is 2.76.